The summed E-state index contributed by atoms with van der Waals surface area (Å²) in [6.07, 6.45) is 4.66. The van der Waals surface area contributed by atoms with Gasteiger partial charge in [-0.15, -0.1) is 0 Å². The van der Waals surface area contributed by atoms with Gasteiger partial charge in [0.1, 0.15) is 0 Å². The van der Waals surface area contributed by atoms with Crippen molar-refractivity contribution < 1.29 is 14.6 Å². The van der Waals surface area contributed by atoms with Gasteiger partial charge in [-0.3, -0.25) is 5.10 Å². The van der Waals surface area contributed by atoms with Crippen LogP contribution in [-0.2, 0) is 4.74 Å². The molecule has 1 aromatic carbocycles. The van der Waals surface area contributed by atoms with Gasteiger partial charge in [0.25, 0.3) is 0 Å². The van der Waals surface area contributed by atoms with Gasteiger partial charge in [0.2, 0.25) is 0 Å². The number of carbonyl (C=O) groups excluding carboxylic acids is 1. The number of carbonyl (C=O) groups is 1. The van der Waals surface area contributed by atoms with Crippen LogP contribution in [0.3, 0.4) is 0 Å². The highest BCUT2D eigenvalue weighted by Crippen LogP contribution is 2.63. The maximum absolute atomic E-state index is 11.7. The molecule has 1 aromatic heterocycles. The van der Waals surface area contributed by atoms with Crippen molar-refractivity contribution >= 4 is 28.6 Å². The third-order valence-corrected chi connectivity index (χ3v) is 6.17. The molecule has 2 heterocycles. The summed E-state index contributed by atoms with van der Waals surface area (Å²) in [5.41, 5.74) is 1.56. The Morgan fingerprint density at radius 1 is 1.44 bits per heavy atom. The van der Waals surface area contributed by atoms with Gasteiger partial charge in [-0.05, 0) is 43.7 Å². The molecule has 1 saturated carbocycles. The molecule has 2 fully saturated rings. The van der Waals surface area contributed by atoms with Crippen molar-refractivity contribution in [2.75, 3.05) is 20.2 Å². The number of halogens is 1. The van der Waals surface area contributed by atoms with Crippen LogP contribution < -0.4 is 0 Å². The summed E-state index contributed by atoms with van der Waals surface area (Å²) in [6.45, 7) is 1.36. The molecule has 7 heteroatoms. The van der Waals surface area contributed by atoms with Gasteiger partial charge in [0.05, 0.1) is 24.9 Å². The molecule has 1 unspecified atom stereocenters. The maximum atomic E-state index is 11.7. The molecule has 2 aliphatic rings. The van der Waals surface area contributed by atoms with Gasteiger partial charge in [-0.1, -0.05) is 11.6 Å². The number of aliphatic hydroxyl groups is 1. The first kappa shape index (κ1) is 16.7. The summed E-state index contributed by atoms with van der Waals surface area (Å²) in [7, 11) is 1.41. The molecule has 1 saturated heterocycles. The van der Waals surface area contributed by atoms with Gasteiger partial charge in [0.15, 0.2) is 0 Å². The molecule has 25 heavy (non-hydrogen) atoms. The van der Waals surface area contributed by atoms with Crippen molar-refractivity contribution in [3.8, 4) is 0 Å². The summed E-state index contributed by atoms with van der Waals surface area (Å²) < 4.78 is 4.81. The largest absolute Gasteiger partial charge is 0.453 e. The fourth-order valence-corrected chi connectivity index (χ4v) is 4.62. The Labute approximate surface area is 151 Å². The average molecular weight is 364 g/mol. The van der Waals surface area contributed by atoms with E-state index in [0.29, 0.717) is 24.0 Å². The molecule has 6 nitrogen and oxygen atoms in total. The van der Waals surface area contributed by atoms with Crippen LogP contribution >= 0.6 is 11.6 Å². The van der Waals surface area contributed by atoms with Gasteiger partial charge in [-0.2, -0.15) is 5.10 Å². The average Bonchev–Trinajstić information content (AvgIpc) is 3.31. The molecule has 134 valence electrons. The number of hydrogen-bond acceptors (Lipinski definition) is 4. The van der Waals surface area contributed by atoms with Gasteiger partial charge >= 0.3 is 6.09 Å². The summed E-state index contributed by atoms with van der Waals surface area (Å²) >= 11 is 6.24. The van der Waals surface area contributed by atoms with Gasteiger partial charge in [-0.25, -0.2) is 4.79 Å². The first-order valence-corrected chi connectivity index (χ1v) is 9.06. The zero-order valence-corrected chi connectivity index (χ0v) is 14.9. The third kappa shape index (κ3) is 2.77. The van der Waals surface area contributed by atoms with Gasteiger partial charge in [0, 0.05) is 34.5 Å². The monoisotopic (exact) mass is 363 g/mol. The van der Waals surface area contributed by atoms with E-state index < -0.39 is 6.10 Å². The molecule has 4 rings (SSSR count). The smallest absolute Gasteiger partial charge is 0.409 e. The van der Waals surface area contributed by atoms with Crippen LogP contribution in [0.15, 0.2) is 18.3 Å². The lowest BCUT2D eigenvalue weighted by Crippen LogP contribution is -2.41. The standard InChI is InChI=1S/C18H22ClN3O3/c1-25-17(24)22-6-2-12(3-7-22)18(4-5-18)16(23)14-9-13(19)8-11-10-20-21-15(11)14/h8-10,12,16,23H,2-7H2,1H3,(H,20,21). The lowest BCUT2D eigenvalue weighted by atomic mass is 9.76. The number of ether oxygens (including phenoxy) is 1. The number of fused-ring (bicyclic) bond motifs is 1. The fourth-order valence-electron chi connectivity index (χ4n) is 4.39. The number of aliphatic hydroxyl groups excluding tert-OH is 1. The molecule has 2 N–H and O–H groups in total. The molecule has 0 radical (unpaired) electrons. The highest BCUT2D eigenvalue weighted by Gasteiger charge is 2.55. The molecule has 2 aromatic rings. The Morgan fingerprint density at radius 2 is 2.16 bits per heavy atom. The number of nitrogens with zero attached hydrogens (tertiary/aromatic N) is 2. The second kappa shape index (κ2) is 6.18. The first-order valence-electron chi connectivity index (χ1n) is 8.68. The summed E-state index contributed by atoms with van der Waals surface area (Å²) in [5, 5.41) is 19.8. The maximum Gasteiger partial charge on any atom is 0.409 e. The summed E-state index contributed by atoms with van der Waals surface area (Å²) in [6, 6.07) is 3.70. The minimum atomic E-state index is -0.580. The van der Waals surface area contributed by atoms with E-state index in [0.717, 1.165) is 42.1 Å². The van der Waals surface area contributed by atoms with Crippen LogP contribution in [0.4, 0.5) is 4.79 Å². The number of nitrogens with one attached hydrogen (secondary N) is 1. The van der Waals surface area contributed by atoms with Crippen molar-refractivity contribution in [2.24, 2.45) is 11.3 Å². The quantitative estimate of drug-likeness (QED) is 0.874. The number of aromatic amines is 1. The minimum absolute atomic E-state index is 0.120. The third-order valence-electron chi connectivity index (χ3n) is 5.95. The summed E-state index contributed by atoms with van der Waals surface area (Å²) in [4.78, 5) is 13.4. The van der Waals surface area contributed by atoms with Gasteiger partial charge < -0.3 is 14.7 Å². The zero-order chi connectivity index (χ0) is 17.6. The minimum Gasteiger partial charge on any atom is -0.453 e. The van der Waals surface area contributed by atoms with Crippen molar-refractivity contribution in [1.82, 2.24) is 15.1 Å². The highest BCUT2D eigenvalue weighted by molar-refractivity contribution is 6.31. The van der Waals surface area contributed by atoms with Crippen molar-refractivity contribution in [2.45, 2.75) is 31.8 Å². The number of benzene rings is 1. The molecular formula is C18H22ClN3O3. The predicted octanol–water partition coefficient (Wildman–Crippen LogP) is 3.51. The Hall–Kier alpha value is -1.79. The summed E-state index contributed by atoms with van der Waals surface area (Å²) in [5.74, 6) is 0.389. The number of aromatic nitrogens is 2. The molecule has 0 bridgehead atoms. The van der Waals surface area contributed by atoms with E-state index in [1.54, 1.807) is 11.1 Å². The van der Waals surface area contributed by atoms with Crippen LogP contribution in [0.25, 0.3) is 10.9 Å². The molecule has 1 atom stereocenters. The van der Waals surface area contributed by atoms with Crippen LogP contribution in [0, 0.1) is 11.3 Å². The van der Waals surface area contributed by atoms with E-state index in [-0.39, 0.29) is 11.5 Å². The highest BCUT2D eigenvalue weighted by atomic mass is 35.5. The molecule has 1 aliphatic heterocycles. The van der Waals surface area contributed by atoms with E-state index in [1.165, 1.54) is 7.11 Å². The number of hydrogen-bond donors (Lipinski definition) is 2. The van der Waals surface area contributed by atoms with E-state index in [9.17, 15) is 9.90 Å². The lowest BCUT2D eigenvalue weighted by Gasteiger charge is -2.38. The molecule has 1 amide bonds. The van der Waals surface area contributed by atoms with Crippen LogP contribution in [-0.4, -0.2) is 46.5 Å². The van der Waals surface area contributed by atoms with Crippen molar-refractivity contribution in [3.05, 3.63) is 28.9 Å². The number of H-pyrrole nitrogens is 1. The molecular weight excluding hydrogens is 342 g/mol. The second-order valence-electron chi connectivity index (χ2n) is 7.20. The van der Waals surface area contributed by atoms with Crippen molar-refractivity contribution in [1.29, 1.82) is 0 Å². The van der Waals surface area contributed by atoms with Crippen molar-refractivity contribution in [3.63, 3.8) is 0 Å². The van der Waals surface area contributed by atoms with Crippen LogP contribution in [0.1, 0.15) is 37.4 Å². The lowest BCUT2D eigenvalue weighted by molar-refractivity contribution is 0.0249. The molecule has 1 aliphatic carbocycles. The number of likely N-dealkylation sites (tertiary alicyclic amines) is 1. The SMILES string of the molecule is COC(=O)N1CCC(C2(C(O)c3cc(Cl)cc4cn[nH]c34)CC2)CC1. The zero-order valence-electron chi connectivity index (χ0n) is 14.2. The van der Waals surface area contributed by atoms with Crippen LogP contribution in [0.5, 0.6) is 0 Å². The Bertz CT molecular complexity index is 794. The van der Waals surface area contributed by atoms with E-state index in [2.05, 4.69) is 10.2 Å². The first-order chi connectivity index (χ1) is 12.0. The number of amides is 1. The number of methoxy groups -OCH3 is 1. The Kier molecular flexibility index (Phi) is 4.12. The fraction of sp³-hybridized carbons (Fsp3) is 0.556. The Balaban J connectivity index is 1.57. The van der Waals surface area contributed by atoms with Crippen LogP contribution in [0.2, 0.25) is 5.02 Å². The topological polar surface area (TPSA) is 78.4 Å². The molecule has 0 spiro atoms. The normalized spacial score (nSPS) is 21.3. The van der Waals surface area contributed by atoms with E-state index >= 15 is 0 Å². The second-order valence-corrected chi connectivity index (χ2v) is 7.63. The van der Waals surface area contributed by atoms with E-state index in [1.807, 2.05) is 12.1 Å². The number of rotatable bonds is 3. The number of piperidine rings is 1. The predicted molar refractivity (Wildman–Crippen MR) is 94.4 cm³/mol. The Morgan fingerprint density at radius 3 is 2.80 bits per heavy atom. The van der Waals surface area contributed by atoms with E-state index in [4.69, 9.17) is 16.3 Å².